The highest BCUT2D eigenvalue weighted by Gasteiger charge is 2.25. The average Bonchev–Trinajstić information content (AvgIpc) is 2.97. The van der Waals surface area contributed by atoms with Crippen molar-refractivity contribution in [2.75, 3.05) is 26.5 Å². The Morgan fingerprint density at radius 2 is 2.14 bits per heavy atom. The number of aliphatic hydroxyl groups is 1. The molecule has 1 aromatic carbocycles. The molecule has 2 aliphatic heterocycles. The summed E-state index contributed by atoms with van der Waals surface area (Å²) < 4.78 is 10.6. The van der Waals surface area contributed by atoms with Crippen molar-refractivity contribution in [1.29, 1.82) is 0 Å². The lowest BCUT2D eigenvalue weighted by molar-refractivity contribution is 0.0798. The summed E-state index contributed by atoms with van der Waals surface area (Å²) in [7, 11) is 0. The van der Waals surface area contributed by atoms with Gasteiger partial charge >= 0.3 is 0 Å². The molecule has 0 aliphatic carbocycles. The predicted octanol–water partition coefficient (Wildman–Crippen LogP) is 1.83. The number of Topliss-reactive ketones (excluding diaryl/α,β-unsaturated/α-hetero) is 1. The fourth-order valence-electron chi connectivity index (χ4n) is 3.09. The van der Waals surface area contributed by atoms with Crippen LogP contribution in [-0.2, 0) is 0 Å². The van der Waals surface area contributed by atoms with Crippen LogP contribution in [0.25, 0.3) is 0 Å². The molecule has 21 heavy (non-hydrogen) atoms. The zero-order valence-electron chi connectivity index (χ0n) is 12.1. The van der Waals surface area contributed by atoms with Crippen LogP contribution < -0.4 is 9.47 Å². The number of fused-ring (bicyclic) bond motifs is 1. The minimum absolute atomic E-state index is 0.0955. The first-order chi connectivity index (χ1) is 10.3. The van der Waals surface area contributed by atoms with Crippen molar-refractivity contribution in [3.05, 3.63) is 23.8 Å². The third-order valence-electron chi connectivity index (χ3n) is 4.25. The summed E-state index contributed by atoms with van der Waals surface area (Å²) in [4.78, 5) is 14.7. The van der Waals surface area contributed by atoms with Gasteiger partial charge in [0.1, 0.15) is 0 Å². The van der Waals surface area contributed by atoms with Crippen molar-refractivity contribution >= 4 is 5.78 Å². The van der Waals surface area contributed by atoms with Crippen molar-refractivity contribution in [2.45, 2.75) is 31.7 Å². The Balaban J connectivity index is 1.67. The first-order valence-electron chi connectivity index (χ1n) is 7.55. The Bertz CT molecular complexity index is 515. The average molecular weight is 291 g/mol. The van der Waals surface area contributed by atoms with E-state index < -0.39 is 0 Å². The van der Waals surface area contributed by atoms with Gasteiger partial charge in [-0.05, 0) is 44.0 Å². The summed E-state index contributed by atoms with van der Waals surface area (Å²) in [5, 5.41) is 9.15. The van der Waals surface area contributed by atoms with Crippen molar-refractivity contribution in [1.82, 2.24) is 4.90 Å². The molecule has 0 aromatic heterocycles. The van der Waals surface area contributed by atoms with Crippen LogP contribution in [0.4, 0.5) is 0 Å². The van der Waals surface area contributed by atoms with Crippen molar-refractivity contribution < 1.29 is 19.4 Å². The molecule has 0 saturated carbocycles. The van der Waals surface area contributed by atoms with Crippen LogP contribution in [0, 0.1) is 0 Å². The van der Waals surface area contributed by atoms with Gasteiger partial charge in [0.2, 0.25) is 6.79 Å². The minimum atomic E-state index is 0.0955. The number of ether oxygens (including phenoxy) is 2. The number of hydrogen-bond donors (Lipinski definition) is 1. The SMILES string of the molecule is O=C(CN1CCCCC1CCO)c1ccc2c(c1)OCO2. The quantitative estimate of drug-likeness (QED) is 0.839. The molecule has 0 radical (unpaired) electrons. The monoisotopic (exact) mass is 291 g/mol. The predicted molar refractivity (Wildman–Crippen MR) is 77.8 cm³/mol. The number of ketones is 1. The van der Waals surface area contributed by atoms with E-state index in [1.54, 1.807) is 18.2 Å². The summed E-state index contributed by atoms with van der Waals surface area (Å²) in [5.41, 5.74) is 0.660. The lowest BCUT2D eigenvalue weighted by atomic mass is 9.98. The number of likely N-dealkylation sites (tertiary alicyclic amines) is 1. The summed E-state index contributed by atoms with van der Waals surface area (Å²) in [6, 6.07) is 5.66. The zero-order valence-corrected chi connectivity index (χ0v) is 12.1. The highest BCUT2D eigenvalue weighted by molar-refractivity contribution is 5.98. The maximum absolute atomic E-state index is 12.5. The molecule has 2 aliphatic rings. The van der Waals surface area contributed by atoms with E-state index in [0.717, 1.165) is 25.8 Å². The van der Waals surface area contributed by atoms with Gasteiger partial charge in [-0.15, -0.1) is 0 Å². The molecule has 1 atom stereocenters. The normalized spacial score (nSPS) is 21.5. The van der Waals surface area contributed by atoms with E-state index in [1.807, 2.05) is 0 Å². The van der Waals surface area contributed by atoms with E-state index in [0.29, 0.717) is 29.6 Å². The zero-order chi connectivity index (χ0) is 14.7. The summed E-state index contributed by atoms with van der Waals surface area (Å²) in [5.74, 6) is 1.44. The van der Waals surface area contributed by atoms with Crippen LogP contribution in [-0.4, -0.2) is 48.3 Å². The van der Waals surface area contributed by atoms with Gasteiger partial charge < -0.3 is 14.6 Å². The maximum atomic E-state index is 12.5. The lowest BCUT2D eigenvalue weighted by Gasteiger charge is -2.34. The molecule has 2 heterocycles. The standard InChI is InChI=1S/C16H21NO4/c18-8-6-13-3-1-2-7-17(13)10-14(19)12-4-5-15-16(9-12)21-11-20-15/h4-5,9,13,18H,1-3,6-8,10-11H2. The van der Waals surface area contributed by atoms with Gasteiger partial charge in [-0.25, -0.2) is 0 Å². The van der Waals surface area contributed by atoms with Crippen LogP contribution in [0.3, 0.4) is 0 Å². The molecule has 0 amide bonds. The molecule has 1 unspecified atom stereocenters. The molecule has 5 nitrogen and oxygen atoms in total. The molecular formula is C16H21NO4. The molecule has 5 heteroatoms. The topological polar surface area (TPSA) is 59.0 Å². The van der Waals surface area contributed by atoms with E-state index in [2.05, 4.69) is 4.90 Å². The van der Waals surface area contributed by atoms with E-state index >= 15 is 0 Å². The Hall–Kier alpha value is -1.59. The van der Waals surface area contributed by atoms with E-state index in [4.69, 9.17) is 14.6 Å². The summed E-state index contributed by atoms with van der Waals surface area (Å²) in [6.07, 6.45) is 4.11. The molecule has 1 aromatic rings. The number of aliphatic hydroxyl groups excluding tert-OH is 1. The first-order valence-corrected chi connectivity index (χ1v) is 7.55. The van der Waals surface area contributed by atoms with Gasteiger partial charge in [-0.1, -0.05) is 6.42 Å². The van der Waals surface area contributed by atoms with Crippen LogP contribution in [0.15, 0.2) is 18.2 Å². The van der Waals surface area contributed by atoms with E-state index in [1.165, 1.54) is 6.42 Å². The Kier molecular flexibility index (Phi) is 4.41. The minimum Gasteiger partial charge on any atom is -0.454 e. The lowest BCUT2D eigenvalue weighted by Crippen LogP contribution is -2.43. The Morgan fingerprint density at radius 3 is 3.00 bits per heavy atom. The van der Waals surface area contributed by atoms with Crippen molar-refractivity contribution in [3.63, 3.8) is 0 Å². The molecule has 0 bridgehead atoms. The number of carbonyl (C=O) groups is 1. The number of hydrogen-bond acceptors (Lipinski definition) is 5. The number of rotatable bonds is 5. The van der Waals surface area contributed by atoms with Gasteiger partial charge in [0.15, 0.2) is 17.3 Å². The van der Waals surface area contributed by atoms with E-state index in [9.17, 15) is 4.79 Å². The van der Waals surface area contributed by atoms with Gasteiger partial charge in [-0.2, -0.15) is 0 Å². The van der Waals surface area contributed by atoms with Gasteiger partial charge in [-0.3, -0.25) is 9.69 Å². The molecule has 0 spiro atoms. The smallest absolute Gasteiger partial charge is 0.231 e. The Morgan fingerprint density at radius 1 is 1.29 bits per heavy atom. The van der Waals surface area contributed by atoms with Crippen molar-refractivity contribution in [2.24, 2.45) is 0 Å². The second kappa shape index (κ2) is 6.45. The second-order valence-electron chi connectivity index (χ2n) is 5.62. The highest BCUT2D eigenvalue weighted by Crippen LogP contribution is 2.32. The fourth-order valence-corrected chi connectivity index (χ4v) is 3.09. The van der Waals surface area contributed by atoms with Crippen molar-refractivity contribution in [3.8, 4) is 11.5 Å². The molecule has 3 rings (SSSR count). The Labute approximate surface area is 124 Å². The molecule has 1 saturated heterocycles. The molecule has 114 valence electrons. The summed E-state index contributed by atoms with van der Waals surface area (Å²) >= 11 is 0. The van der Waals surface area contributed by atoms with E-state index in [-0.39, 0.29) is 19.2 Å². The second-order valence-corrected chi connectivity index (χ2v) is 5.62. The maximum Gasteiger partial charge on any atom is 0.231 e. The van der Waals surface area contributed by atoms with Gasteiger partial charge in [0, 0.05) is 18.2 Å². The molecule has 1 N–H and O–H groups in total. The number of benzene rings is 1. The molecule has 1 fully saturated rings. The van der Waals surface area contributed by atoms with Crippen LogP contribution in [0.2, 0.25) is 0 Å². The third kappa shape index (κ3) is 3.19. The number of carbonyl (C=O) groups excluding carboxylic acids is 1. The van der Waals surface area contributed by atoms with Crippen LogP contribution in [0.1, 0.15) is 36.0 Å². The van der Waals surface area contributed by atoms with Gasteiger partial charge in [0.25, 0.3) is 0 Å². The highest BCUT2D eigenvalue weighted by atomic mass is 16.7. The van der Waals surface area contributed by atoms with Gasteiger partial charge in [0.05, 0.1) is 6.54 Å². The third-order valence-corrected chi connectivity index (χ3v) is 4.25. The fraction of sp³-hybridized carbons (Fsp3) is 0.562. The number of nitrogens with zero attached hydrogens (tertiary/aromatic N) is 1. The first kappa shape index (κ1) is 14.4. The van der Waals surface area contributed by atoms with Crippen LogP contribution >= 0.6 is 0 Å². The largest absolute Gasteiger partial charge is 0.454 e. The molecular weight excluding hydrogens is 270 g/mol. The van der Waals surface area contributed by atoms with Crippen LogP contribution in [0.5, 0.6) is 11.5 Å². The number of piperidine rings is 1. The summed E-state index contributed by atoms with van der Waals surface area (Å²) in [6.45, 7) is 1.74.